The third-order valence-electron chi connectivity index (χ3n) is 4.08. The van der Waals surface area contributed by atoms with Crippen LogP contribution >= 0.6 is 0 Å². The number of nitrogens with one attached hydrogen (secondary N) is 1. The highest BCUT2D eigenvalue weighted by molar-refractivity contribution is 5.96. The van der Waals surface area contributed by atoms with Crippen LogP contribution < -0.4 is 10.2 Å². The Morgan fingerprint density at radius 2 is 1.48 bits per heavy atom. The van der Waals surface area contributed by atoms with Crippen LogP contribution in [0.3, 0.4) is 0 Å². The van der Waals surface area contributed by atoms with Crippen molar-refractivity contribution in [2.45, 2.75) is 13.8 Å². The molecule has 2 aromatic rings. The molecule has 5 nitrogen and oxygen atoms in total. The number of amides is 2. The molecule has 0 radical (unpaired) electrons. The second-order valence-electron chi connectivity index (χ2n) is 6.28. The van der Waals surface area contributed by atoms with E-state index in [1.807, 2.05) is 62.4 Å². The predicted molar refractivity (Wildman–Crippen MR) is 102 cm³/mol. The van der Waals surface area contributed by atoms with E-state index in [1.54, 1.807) is 23.9 Å². The molecule has 2 aromatic carbocycles. The zero-order chi connectivity index (χ0) is 18.4. The summed E-state index contributed by atoms with van der Waals surface area (Å²) >= 11 is 0. The van der Waals surface area contributed by atoms with Gasteiger partial charge in [0.1, 0.15) is 0 Å². The summed E-state index contributed by atoms with van der Waals surface area (Å²) in [5.41, 5.74) is 3.72. The number of carbonyl (C=O) groups excluding carboxylic acids is 2. The van der Waals surface area contributed by atoms with Gasteiger partial charge in [-0.1, -0.05) is 36.4 Å². The topological polar surface area (TPSA) is 52.7 Å². The van der Waals surface area contributed by atoms with Crippen molar-refractivity contribution in [3.05, 3.63) is 59.7 Å². The molecule has 0 spiro atoms. The molecule has 25 heavy (non-hydrogen) atoms. The number of carbonyl (C=O) groups is 2. The maximum Gasteiger partial charge on any atom is 0.240 e. The number of hydrogen-bond donors (Lipinski definition) is 1. The van der Waals surface area contributed by atoms with Gasteiger partial charge in [-0.15, -0.1) is 0 Å². The van der Waals surface area contributed by atoms with Gasteiger partial charge in [0, 0.05) is 18.4 Å². The molecule has 2 amide bonds. The Balaban J connectivity index is 1.90. The molecule has 0 unspecified atom stereocenters. The van der Waals surface area contributed by atoms with E-state index in [1.165, 1.54) is 0 Å². The van der Waals surface area contributed by atoms with Gasteiger partial charge in [-0.3, -0.25) is 14.5 Å². The quantitative estimate of drug-likeness (QED) is 0.880. The number of anilines is 2. The average Bonchev–Trinajstić information content (AvgIpc) is 2.58. The number of rotatable bonds is 6. The second kappa shape index (κ2) is 8.44. The van der Waals surface area contributed by atoms with Crippen LogP contribution in [0.5, 0.6) is 0 Å². The molecule has 0 aromatic heterocycles. The molecule has 0 heterocycles. The molecular formula is C20H25N3O2. The van der Waals surface area contributed by atoms with Crippen molar-refractivity contribution < 1.29 is 9.59 Å². The molecule has 1 N–H and O–H groups in total. The largest absolute Gasteiger partial charge is 0.324 e. The summed E-state index contributed by atoms with van der Waals surface area (Å²) in [5.74, 6) is -0.191. The smallest absolute Gasteiger partial charge is 0.240 e. The molecule has 5 heteroatoms. The van der Waals surface area contributed by atoms with E-state index in [4.69, 9.17) is 0 Å². The number of benzene rings is 2. The van der Waals surface area contributed by atoms with Crippen molar-refractivity contribution >= 4 is 23.2 Å². The van der Waals surface area contributed by atoms with Crippen LogP contribution in [-0.4, -0.2) is 43.9 Å². The summed E-state index contributed by atoms with van der Waals surface area (Å²) in [5, 5.41) is 2.94. The number of likely N-dealkylation sites (N-methyl/N-ethyl adjacent to an activating group) is 2. The highest BCUT2D eigenvalue weighted by Gasteiger charge is 2.16. The van der Waals surface area contributed by atoms with Crippen molar-refractivity contribution in [2.75, 3.05) is 37.4 Å². The Hall–Kier alpha value is -2.66. The third kappa shape index (κ3) is 5.16. The molecule has 2 rings (SSSR count). The lowest BCUT2D eigenvalue weighted by molar-refractivity contribution is -0.120. The average molecular weight is 339 g/mol. The Kier molecular flexibility index (Phi) is 6.31. The zero-order valence-electron chi connectivity index (χ0n) is 15.2. The molecule has 0 aliphatic heterocycles. The fourth-order valence-electron chi connectivity index (χ4n) is 2.62. The van der Waals surface area contributed by atoms with E-state index in [-0.39, 0.29) is 24.9 Å². The maximum absolute atomic E-state index is 12.4. The van der Waals surface area contributed by atoms with Gasteiger partial charge >= 0.3 is 0 Å². The minimum Gasteiger partial charge on any atom is -0.324 e. The predicted octanol–water partition coefficient (Wildman–Crippen LogP) is 2.84. The van der Waals surface area contributed by atoms with E-state index in [0.29, 0.717) is 0 Å². The van der Waals surface area contributed by atoms with Crippen LogP contribution in [0.25, 0.3) is 0 Å². The molecule has 0 fully saturated rings. The van der Waals surface area contributed by atoms with Crippen LogP contribution in [-0.2, 0) is 9.59 Å². The van der Waals surface area contributed by atoms with Crippen molar-refractivity contribution in [2.24, 2.45) is 0 Å². The summed E-state index contributed by atoms with van der Waals surface area (Å²) in [6.07, 6.45) is 0. The van der Waals surface area contributed by atoms with Crippen molar-refractivity contribution in [3.8, 4) is 0 Å². The molecule has 0 aliphatic carbocycles. The highest BCUT2D eigenvalue weighted by atomic mass is 16.2. The van der Waals surface area contributed by atoms with Gasteiger partial charge in [0.2, 0.25) is 11.8 Å². The summed E-state index contributed by atoms with van der Waals surface area (Å²) in [4.78, 5) is 27.9. The second-order valence-corrected chi connectivity index (χ2v) is 6.28. The van der Waals surface area contributed by atoms with E-state index in [2.05, 4.69) is 5.32 Å². The summed E-state index contributed by atoms with van der Waals surface area (Å²) in [6, 6.07) is 15.3. The molecule has 0 bridgehead atoms. The first kappa shape index (κ1) is 18.7. The SMILES string of the molecule is Cc1cccc(C)c1NC(=O)CN(C)CC(=O)N(C)c1ccccc1. The van der Waals surface area contributed by atoms with Gasteiger partial charge in [0.15, 0.2) is 0 Å². The first-order chi connectivity index (χ1) is 11.9. The van der Waals surface area contributed by atoms with Gasteiger partial charge in [-0.05, 0) is 44.2 Å². The fraction of sp³-hybridized carbons (Fsp3) is 0.300. The van der Waals surface area contributed by atoms with Gasteiger partial charge in [0.25, 0.3) is 0 Å². The Labute approximate surface area is 149 Å². The van der Waals surface area contributed by atoms with Gasteiger partial charge in [0.05, 0.1) is 13.1 Å². The normalized spacial score (nSPS) is 10.6. The zero-order valence-corrected chi connectivity index (χ0v) is 15.2. The van der Waals surface area contributed by atoms with E-state index >= 15 is 0 Å². The minimum absolute atomic E-state index is 0.0615. The Morgan fingerprint density at radius 1 is 0.880 bits per heavy atom. The van der Waals surface area contributed by atoms with Gasteiger partial charge in [-0.2, -0.15) is 0 Å². The molecule has 0 saturated carbocycles. The van der Waals surface area contributed by atoms with Crippen LogP contribution in [0.1, 0.15) is 11.1 Å². The number of para-hydroxylation sites is 2. The van der Waals surface area contributed by atoms with E-state index < -0.39 is 0 Å². The lowest BCUT2D eigenvalue weighted by atomic mass is 10.1. The van der Waals surface area contributed by atoms with Crippen LogP contribution in [0, 0.1) is 13.8 Å². The van der Waals surface area contributed by atoms with Crippen LogP contribution in [0.2, 0.25) is 0 Å². The monoisotopic (exact) mass is 339 g/mol. The van der Waals surface area contributed by atoms with Crippen molar-refractivity contribution in [3.63, 3.8) is 0 Å². The lowest BCUT2D eigenvalue weighted by Gasteiger charge is -2.22. The van der Waals surface area contributed by atoms with Crippen molar-refractivity contribution in [1.29, 1.82) is 0 Å². The van der Waals surface area contributed by atoms with Gasteiger partial charge < -0.3 is 10.2 Å². The maximum atomic E-state index is 12.4. The first-order valence-corrected chi connectivity index (χ1v) is 8.24. The number of hydrogen-bond acceptors (Lipinski definition) is 3. The summed E-state index contributed by atoms with van der Waals surface area (Å²) < 4.78 is 0. The fourth-order valence-corrected chi connectivity index (χ4v) is 2.62. The van der Waals surface area contributed by atoms with Crippen molar-refractivity contribution in [1.82, 2.24) is 4.90 Å². The standard InChI is InChI=1S/C20H25N3O2/c1-15-9-8-10-16(2)20(15)21-18(24)13-22(3)14-19(25)23(4)17-11-6-5-7-12-17/h5-12H,13-14H2,1-4H3,(H,21,24). The van der Waals surface area contributed by atoms with Crippen LogP contribution in [0.15, 0.2) is 48.5 Å². The molecule has 132 valence electrons. The molecular weight excluding hydrogens is 314 g/mol. The Morgan fingerprint density at radius 3 is 2.08 bits per heavy atom. The number of aryl methyl sites for hydroxylation is 2. The minimum atomic E-state index is -0.130. The lowest BCUT2D eigenvalue weighted by Crippen LogP contribution is -2.40. The number of nitrogens with zero attached hydrogens (tertiary/aromatic N) is 2. The van der Waals surface area contributed by atoms with E-state index in [9.17, 15) is 9.59 Å². The first-order valence-electron chi connectivity index (χ1n) is 8.24. The third-order valence-corrected chi connectivity index (χ3v) is 4.08. The Bertz CT molecular complexity index is 724. The van der Waals surface area contributed by atoms with Crippen LogP contribution in [0.4, 0.5) is 11.4 Å². The molecule has 0 saturated heterocycles. The van der Waals surface area contributed by atoms with Gasteiger partial charge in [-0.25, -0.2) is 0 Å². The molecule has 0 atom stereocenters. The van der Waals surface area contributed by atoms with E-state index in [0.717, 1.165) is 22.5 Å². The molecule has 0 aliphatic rings. The highest BCUT2D eigenvalue weighted by Crippen LogP contribution is 2.19. The summed E-state index contributed by atoms with van der Waals surface area (Å²) in [6.45, 7) is 4.25. The summed E-state index contributed by atoms with van der Waals surface area (Å²) in [7, 11) is 3.50.